The number of benzene rings is 1. The van der Waals surface area contributed by atoms with E-state index in [-0.39, 0.29) is 29.3 Å². The van der Waals surface area contributed by atoms with Gasteiger partial charge in [-0.2, -0.15) is 0 Å². The molecule has 0 aliphatic heterocycles. The number of aromatic nitrogens is 1. The first kappa shape index (κ1) is 21.6. The van der Waals surface area contributed by atoms with E-state index >= 15 is 0 Å². The molecule has 2 N–H and O–H groups in total. The average molecular weight is 417 g/mol. The Kier molecular flexibility index (Phi) is 6.20. The van der Waals surface area contributed by atoms with Crippen molar-refractivity contribution in [2.45, 2.75) is 38.5 Å². The molecule has 0 amide bonds. The topological polar surface area (TPSA) is 79.9 Å². The number of methoxy groups -OCH3 is 1. The highest BCUT2D eigenvalue weighted by atomic mass is 35.5. The lowest BCUT2D eigenvalue weighted by atomic mass is 9.49. The first-order chi connectivity index (χ1) is 13.1. The highest BCUT2D eigenvalue weighted by molar-refractivity contribution is 5.82. The largest absolute Gasteiger partial charge is 1.00 e. The molecule has 0 radical (unpaired) electrons. The molecule has 29 heavy (non-hydrogen) atoms. The van der Waals surface area contributed by atoms with Crippen LogP contribution in [-0.4, -0.2) is 23.5 Å². The van der Waals surface area contributed by atoms with Crippen LogP contribution in [-0.2, 0) is 4.79 Å². The lowest BCUT2D eigenvalue weighted by molar-refractivity contribution is -0.161. The van der Waals surface area contributed by atoms with E-state index in [2.05, 4.69) is 4.98 Å². The number of pyridine rings is 1. The summed E-state index contributed by atoms with van der Waals surface area (Å²) in [6, 6.07) is 11.4. The predicted octanol–water partition coefficient (Wildman–Crippen LogP) is 1.06. The summed E-state index contributed by atoms with van der Waals surface area (Å²) in [7, 11) is 1.65. The second-order valence-corrected chi connectivity index (χ2v) is 8.67. The Labute approximate surface area is 177 Å². The van der Waals surface area contributed by atoms with E-state index in [0.29, 0.717) is 11.4 Å². The Morgan fingerprint density at radius 3 is 2.14 bits per heavy atom. The number of rotatable bonds is 4. The Balaban J connectivity index is 0.00000120. The number of ether oxygens (including phenoxy) is 2. The van der Waals surface area contributed by atoms with Crippen molar-refractivity contribution in [3.05, 3.63) is 42.6 Å². The molecule has 6 heteroatoms. The van der Waals surface area contributed by atoms with Crippen LogP contribution in [0.1, 0.15) is 38.5 Å². The second kappa shape index (κ2) is 8.33. The highest BCUT2D eigenvalue weighted by Crippen LogP contribution is 2.60. The third-order valence-electron chi connectivity index (χ3n) is 6.81. The van der Waals surface area contributed by atoms with Gasteiger partial charge in [-0.25, -0.2) is 0 Å². The summed E-state index contributed by atoms with van der Waals surface area (Å²) >= 11 is 0. The van der Waals surface area contributed by atoms with E-state index in [1.165, 1.54) is 19.3 Å². The number of halogens is 1. The summed E-state index contributed by atoms with van der Waals surface area (Å²) in [4.78, 5) is 17.8. The highest BCUT2D eigenvalue weighted by Gasteiger charge is 2.55. The van der Waals surface area contributed by atoms with Gasteiger partial charge in [0.15, 0.2) is 5.75 Å². The van der Waals surface area contributed by atoms with E-state index in [4.69, 9.17) is 9.47 Å². The van der Waals surface area contributed by atoms with Crippen LogP contribution in [0, 0.1) is 23.2 Å². The van der Waals surface area contributed by atoms with Crippen LogP contribution in [0.2, 0.25) is 0 Å². The maximum Gasteiger partial charge on any atom is 0.317 e. The van der Waals surface area contributed by atoms with Gasteiger partial charge in [0.2, 0.25) is 0 Å². The van der Waals surface area contributed by atoms with Crippen molar-refractivity contribution < 1.29 is 32.2 Å². The molecule has 4 bridgehead atoms. The van der Waals surface area contributed by atoms with Gasteiger partial charge >= 0.3 is 5.97 Å². The summed E-state index contributed by atoms with van der Waals surface area (Å²) in [5, 5.41) is 0. The number of carbonyl (C=O) groups excluding carboxylic acids is 1. The van der Waals surface area contributed by atoms with Crippen LogP contribution < -0.4 is 21.9 Å². The molecule has 6 rings (SSSR count). The zero-order valence-corrected chi connectivity index (χ0v) is 17.3. The molecule has 4 fully saturated rings. The summed E-state index contributed by atoms with van der Waals surface area (Å²) in [5.74, 6) is 3.48. The summed E-state index contributed by atoms with van der Waals surface area (Å²) in [6.07, 6.45) is 8.72. The molecule has 0 atom stereocenters. The molecule has 0 unspecified atom stereocenters. The molecule has 2 aromatic rings. The van der Waals surface area contributed by atoms with Crippen molar-refractivity contribution in [3.8, 4) is 22.8 Å². The fraction of sp³-hybridized carbons (Fsp3) is 0.478. The number of esters is 1. The van der Waals surface area contributed by atoms with Crippen molar-refractivity contribution in [2.24, 2.45) is 23.2 Å². The minimum atomic E-state index is -0.262. The second-order valence-electron chi connectivity index (χ2n) is 8.67. The molecule has 1 aromatic heterocycles. The van der Waals surface area contributed by atoms with Gasteiger partial charge in [0, 0.05) is 11.8 Å². The minimum absolute atomic E-state index is 0. The molecular weight excluding hydrogens is 390 g/mol. The van der Waals surface area contributed by atoms with E-state index in [1.807, 2.05) is 36.4 Å². The predicted molar refractivity (Wildman–Crippen MR) is 106 cm³/mol. The van der Waals surface area contributed by atoms with Crippen LogP contribution >= 0.6 is 0 Å². The Morgan fingerprint density at radius 2 is 1.59 bits per heavy atom. The molecule has 1 aromatic carbocycles. The normalized spacial score (nSPS) is 28.8. The number of carbonyl (C=O) groups is 1. The van der Waals surface area contributed by atoms with Gasteiger partial charge in [-0.05, 0) is 92.7 Å². The smallest absolute Gasteiger partial charge is 0.317 e. The maximum atomic E-state index is 13.3. The zero-order chi connectivity index (χ0) is 18.4. The monoisotopic (exact) mass is 416 g/mol. The fourth-order valence-electron chi connectivity index (χ4n) is 6.01. The minimum Gasteiger partial charge on any atom is -1.00 e. The van der Waals surface area contributed by atoms with Crippen LogP contribution in [0.15, 0.2) is 42.6 Å². The maximum absolute atomic E-state index is 13.3. The van der Waals surface area contributed by atoms with E-state index in [0.717, 1.165) is 48.3 Å². The van der Waals surface area contributed by atoms with Crippen molar-refractivity contribution in [1.82, 2.24) is 4.98 Å². The van der Waals surface area contributed by atoms with E-state index in [9.17, 15) is 4.79 Å². The molecule has 4 saturated carbocycles. The standard InChI is InChI=1S/C23H25NO3.ClH.H2O/c1-26-19-6-4-18(5-7-19)21-20(3-2-8-24-21)27-22(25)23-12-15-9-16(13-23)11-17(10-15)14-23;;/h2-8,15-17H,9-14H2,1H3;1H;1H2/p-1. The summed E-state index contributed by atoms with van der Waals surface area (Å²) < 4.78 is 11.2. The summed E-state index contributed by atoms with van der Waals surface area (Å²) in [6.45, 7) is 0. The number of nitrogens with zero attached hydrogens (tertiary/aromatic N) is 1. The van der Waals surface area contributed by atoms with Crippen LogP contribution in [0.3, 0.4) is 0 Å². The van der Waals surface area contributed by atoms with Gasteiger partial charge in [-0.15, -0.1) is 0 Å². The fourth-order valence-corrected chi connectivity index (χ4v) is 6.01. The SMILES string of the molecule is COc1ccc(-c2ncccc2OC(=O)C23CC4CC(CC(C4)C2)C3)cc1.O.[Cl-]. The van der Waals surface area contributed by atoms with Crippen molar-refractivity contribution in [2.75, 3.05) is 7.11 Å². The lowest BCUT2D eigenvalue weighted by Crippen LogP contribution is -3.00. The third-order valence-corrected chi connectivity index (χ3v) is 6.81. The molecule has 156 valence electrons. The van der Waals surface area contributed by atoms with Crippen molar-refractivity contribution >= 4 is 5.97 Å². The quantitative estimate of drug-likeness (QED) is 0.698. The van der Waals surface area contributed by atoms with Crippen molar-refractivity contribution in [3.63, 3.8) is 0 Å². The average Bonchev–Trinajstić information content (AvgIpc) is 2.67. The van der Waals surface area contributed by atoms with Crippen LogP contribution in [0.25, 0.3) is 11.3 Å². The molecular formula is C23H27ClNO4-. The van der Waals surface area contributed by atoms with Crippen molar-refractivity contribution in [1.29, 1.82) is 0 Å². The Bertz CT molecular complexity index is 832. The molecule has 5 nitrogen and oxygen atoms in total. The first-order valence-corrected chi connectivity index (χ1v) is 9.97. The zero-order valence-electron chi connectivity index (χ0n) is 16.6. The molecule has 4 aliphatic carbocycles. The van der Waals surface area contributed by atoms with Gasteiger partial charge in [0.05, 0.1) is 12.5 Å². The van der Waals surface area contributed by atoms with Gasteiger partial charge in [0.25, 0.3) is 0 Å². The Hall–Kier alpha value is -2.11. The van der Waals surface area contributed by atoms with Crippen LogP contribution in [0.4, 0.5) is 0 Å². The van der Waals surface area contributed by atoms with Gasteiger partial charge in [-0.3, -0.25) is 9.78 Å². The van der Waals surface area contributed by atoms with Gasteiger partial charge < -0.3 is 27.4 Å². The third kappa shape index (κ3) is 3.86. The molecule has 1 heterocycles. The van der Waals surface area contributed by atoms with Gasteiger partial charge in [-0.1, -0.05) is 0 Å². The first-order valence-electron chi connectivity index (χ1n) is 9.97. The molecule has 0 saturated heterocycles. The number of hydrogen-bond donors (Lipinski definition) is 0. The molecule has 4 aliphatic rings. The van der Waals surface area contributed by atoms with E-state index in [1.54, 1.807) is 13.3 Å². The lowest BCUT2D eigenvalue weighted by Gasteiger charge is -2.55. The summed E-state index contributed by atoms with van der Waals surface area (Å²) in [5.41, 5.74) is 1.37. The molecule has 0 spiro atoms. The van der Waals surface area contributed by atoms with Gasteiger partial charge in [0.1, 0.15) is 11.4 Å². The number of hydrogen-bond acceptors (Lipinski definition) is 4. The van der Waals surface area contributed by atoms with Crippen LogP contribution in [0.5, 0.6) is 11.5 Å². The Morgan fingerprint density at radius 1 is 1.00 bits per heavy atom. The van der Waals surface area contributed by atoms with E-state index < -0.39 is 0 Å².